The highest BCUT2D eigenvalue weighted by Gasteiger charge is 2.39. The highest BCUT2D eigenvalue weighted by Crippen LogP contribution is 2.41. The molecule has 1 saturated carbocycles. The molecule has 1 aliphatic carbocycles. The summed E-state index contributed by atoms with van der Waals surface area (Å²) in [6, 6.07) is 14.2. The first-order valence-corrected chi connectivity index (χ1v) is 11.0. The minimum Gasteiger partial charge on any atom is -0.481 e. The average Bonchev–Trinajstić information content (AvgIpc) is 3.61. The number of benzene rings is 2. The Morgan fingerprint density at radius 1 is 1.26 bits per heavy atom. The number of hydrogen-bond donors (Lipinski definition) is 1. The smallest absolute Gasteiger partial charge is 0.261 e. The summed E-state index contributed by atoms with van der Waals surface area (Å²) in [5, 5.41) is 2.76. The minimum atomic E-state index is -0.622. The number of aryl methyl sites for hydroxylation is 1. The van der Waals surface area contributed by atoms with E-state index in [2.05, 4.69) is 43.1 Å². The molecule has 5 heteroatoms. The zero-order valence-electron chi connectivity index (χ0n) is 18.3. The number of nitrogens with zero attached hydrogens (tertiary/aromatic N) is 1. The molecule has 0 aromatic heterocycles. The minimum absolute atomic E-state index is 0.134. The molecule has 0 radical (unpaired) electrons. The van der Waals surface area contributed by atoms with Crippen LogP contribution in [0.25, 0.3) is 0 Å². The molecule has 5 nitrogen and oxygen atoms in total. The predicted octanol–water partition coefficient (Wildman–Crippen LogP) is 3.95. The van der Waals surface area contributed by atoms with Gasteiger partial charge in [0.1, 0.15) is 5.75 Å². The fourth-order valence-electron chi connectivity index (χ4n) is 4.24. The Morgan fingerprint density at radius 3 is 2.77 bits per heavy atom. The SMILES string of the molecule is C=CCNC(=O)[C@H](C)Oc1ccc2c(c1)[C@H](c1cccc(C)c1)N(C(=O)C1CC1)CC2. The van der Waals surface area contributed by atoms with Gasteiger partial charge in [-0.05, 0) is 61.9 Å². The molecule has 2 aromatic carbocycles. The van der Waals surface area contributed by atoms with E-state index >= 15 is 0 Å². The van der Waals surface area contributed by atoms with Crippen LogP contribution in [-0.4, -0.2) is 35.9 Å². The van der Waals surface area contributed by atoms with Gasteiger partial charge < -0.3 is 15.0 Å². The highest BCUT2D eigenvalue weighted by atomic mass is 16.5. The Bertz CT molecular complexity index is 996. The molecular weight excluding hydrogens is 388 g/mol. The first kappa shape index (κ1) is 21.2. The van der Waals surface area contributed by atoms with Crippen molar-refractivity contribution in [2.24, 2.45) is 5.92 Å². The van der Waals surface area contributed by atoms with Crippen molar-refractivity contribution in [1.82, 2.24) is 10.2 Å². The summed E-state index contributed by atoms with van der Waals surface area (Å²) >= 11 is 0. The molecule has 1 aliphatic heterocycles. The summed E-state index contributed by atoms with van der Waals surface area (Å²) in [6.07, 6.45) is 3.82. The lowest BCUT2D eigenvalue weighted by Crippen LogP contribution is -2.41. The third kappa shape index (κ3) is 4.66. The van der Waals surface area contributed by atoms with E-state index in [4.69, 9.17) is 4.74 Å². The van der Waals surface area contributed by atoms with E-state index in [0.717, 1.165) is 36.9 Å². The monoisotopic (exact) mass is 418 g/mol. The summed E-state index contributed by atoms with van der Waals surface area (Å²) < 4.78 is 5.95. The topological polar surface area (TPSA) is 58.6 Å². The van der Waals surface area contributed by atoms with E-state index in [1.165, 1.54) is 11.1 Å². The van der Waals surface area contributed by atoms with Crippen LogP contribution >= 0.6 is 0 Å². The Hall–Kier alpha value is -3.08. The van der Waals surface area contributed by atoms with Crippen molar-refractivity contribution in [3.63, 3.8) is 0 Å². The van der Waals surface area contributed by atoms with Crippen LogP contribution in [0.4, 0.5) is 0 Å². The zero-order chi connectivity index (χ0) is 22.0. The van der Waals surface area contributed by atoms with Gasteiger partial charge in [0.05, 0.1) is 6.04 Å². The maximum Gasteiger partial charge on any atom is 0.261 e. The molecule has 1 heterocycles. The van der Waals surface area contributed by atoms with Crippen molar-refractivity contribution in [2.45, 2.75) is 45.3 Å². The molecule has 1 N–H and O–H groups in total. The average molecular weight is 419 g/mol. The fourth-order valence-corrected chi connectivity index (χ4v) is 4.24. The Kier molecular flexibility index (Phi) is 6.12. The second kappa shape index (κ2) is 8.96. The molecule has 0 saturated heterocycles. The Balaban J connectivity index is 1.66. The molecule has 2 aromatic rings. The fraction of sp³-hybridized carbons (Fsp3) is 0.385. The summed E-state index contributed by atoms with van der Waals surface area (Å²) in [6.45, 7) is 8.56. The van der Waals surface area contributed by atoms with Gasteiger partial charge in [-0.1, -0.05) is 42.0 Å². The largest absolute Gasteiger partial charge is 0.481 e. The van der Waals surface area contributed by atoms with Gasteiger partial charge >= 0.3 is 0 Å². The number of carbonyl (C=O) groups is 2. The van der Waals surface area contributed by atoms with Crippen LogP contribution in [-0.2, 0) is 16.0 Å². The Labute approximate surface area is 184 Å². The second-order valence-corrected chi connectivity index (χ2v) is 8.53. The first-order valence-electron chi connectivity index (χ1n) is 11.0. The van der Waals surface area contributed by atoms with E-state index in [1.54, 1.807) is 13.0 Å². The van der Waals surface area contributed by atoms with Crippen LogP contribution in [0, 0.1) is 12.8 Å². The molecule has 1 fully saturated rings. The van der Waals surface area contributed by atoms with Gasteiger partial charge in [-0.25, -0.2) is 0 Å². The van der Waals surface area contributed by atoms with Crippen molar-refractivity contribution < 1.29 is 14.3 Å². The Morgan fingerprint density at radius 2 is 2.06 bits per heavy atom. The van der Waals surface area contributed by atoms with E-state index in [0.29, 0.717) is 12.3 Å². The van der Waals surface area contributed by atoms with Crippen molar-refractivity contribution in [3.8, 4) is 5.75 Å². The van der Waals surface area contributed by atoms with E-state index < -0.39 is 6.10 Å². The summed E-state index contributed by atoms with van der Waals surface area (Å²) in [5.74, 6) is 0.874. The van der Waals surface area contributed by atoms with Crippen LogP contribution in [0.15, 0.2) is 55.1 Å². The van der Waals surface area contributed by atoms with Gasteiger partial charge in [0.2, 0.25) is 5.91 Å². The molecule has 162 valence electrons. The van der Waals surface area contributed by atoms with Crippen LogP contribution in [0.2, 0.25) is 0 Å². The first-order chi connectivity index (χ1) is 15.0. The molecule has 0 bridgehead atoms. The van der Waals surface area contributed by atoms with Crippen molar-refractivity contribution in [2.75, 3.05) is 13.1 Å². The lowest BCUT2D eigenvalue weighted by molar-refractivity contribution is -0.134. The van der Waals surface area contributed by atoms with Gasteiger partial charge in [0.15, 0.2) is 6.10 Å². The summed E-state index contributed by atoms with van der Waals surface area (Å²) in [7, 11) is 0. The number of hydrogen-bond acceptors (Lipinski definition) is 3. The quantitative estimate of drug-likeness (QED) is 0.693. The number of amides is 2. The van der Waals surface area contributed by atoms with Gasteiger partial charge in [-0.2, -0.15) is 0 Å². The maximum absolute atomic E-state index is 13.1. The maximum atomic E-state index is 13.1. The lowest BCUT2D eigenvalue weighted by Gasteiger charge is -2.38. The van der Waals surface area contributed by atoms with Crippen molar-refractivity contribution in [1.29, 1.82) is 0 Å². The molecule has 0 spiro atoms. The van der Waals surface area contributed by atoms with Crippen LogP contribution in [0.3, 0.4) is 0 Å². The molecule has 31 heavy (non-hydrogen) atoms. The number of ether oxygens (including phenoxy) is 1. The van der Waals surface area contributed by atoms with Crippen LogP contribution in [0.1, 0.15) is 48.1 Å². The molecule has 4 rings (SSSR count). The third-order valence-corrected chi connectivity index (χ3v) is 6.02. The third-order valence-electron chi connectivity index (χ3n) is 6.02. The molecular formula is C26H30N2O3. The number of carbonyl (C=O) groups excluding carboxylic acids is 2. The van der Waals surface area contributed by atoms with Crippen molar-refractivity contribution in [3.05, 3.63) is 77.4 Å². The van der Waals surface area contributed by atoms with E-state index in [9.17, 15) is 9.59 Å². The van der Waals surface area contributed by atoms with Crippen LogP contribution < -0.4 is 10.1 Å². The lowest BCUT2D eigenvalue weighted by atomic mass is 9.87. The standard InChI is InChI=1S/C26H30N2O3/c1-4-13-27-25(29)18(3)31-22-11-10-19-12-14-28(26(30)20-8-9-20)24(23(19)16-22)21-7-5-6-17(2)15-21/h4-7,10-11,15-16,18,20,24H,1,8-9,12-14H2,2-3H3,(H,27,29)/t18-,24-/m0/s1. The number of rotatable bonds is 7. The molecule has 0 unspecified atom stereocenters. The van der Waals surface area contributed by atoms with Crippen molar-refractivity contribution >= 4 is 11.8 Å². The summed E-state index contributed by atoms with van der Waals surface area (Å²) in [4.78, 5) is 27.4. The molecule has 2 amide bonds. The highest BCUT2D eigenvalue weighted by molar-refractivity contribution is 5.82. The van der Waals surface area contributed by atoms with Gasteiger partial charge in [-0.3, -0.25) is 9.59 Å². The zero-order valence-corrected chi connectivity index (χ0v) is 18.3. The normalized spacial score (nSPS) is 18.6. The molecule has 2 atom stereocenters. The second-order valence-electron chi connectivity index (χ2n) is 8.53. The van der Waals surface area contributed by atoms with Crippen LogP contribution in [0.5, 0.6) is 5.75 Å². The number of fused-ring (bicyclic) bond motifs is 1. The summed E-state index contributed by atoms with van der Waals surface area (Å²) in [5.41, 5.74) is 4.59. The van der Waals surface area contributed by atoms with E-state index in [-0.39, 0.29) is 23.8 Å². The van der Waals surface area contributed by atoms with Gasteiger partial charge in [0.25, 0.3) is 5.91 Å². The number of nitrogens with one attached hydrogen (secondary N) is 1. The van der Waals surface area contributed by atoms with Gasteiger partial charge in [-0.15, -0.1) is 6.58 Å². The predicted molar refractivity (Wildman–Crippen MR) is 121 cm³/mol. The van der Waals surface area contributed by atoms with Gasteiger partial charge in [0, 0.05) is 19.0 Å². The molecule has 2 aliphatic rings. The van der Waals surface area contributed by atoms with E-state index in [1.807, 2.05) is 23.1 Å².